The van der Waals surface area contributed by atoms with E-state index in [4.69, 9.17) is 4.74 Å². The molecule has 3 amide bonds. The molecule has 0 aliphatic carbocycles. The molecule has 0 saturated carbocycles. The topological polar surface area (TPSA) is 103 Å². The number of aromatic nitrogens is 2. The molecule has 11 heteroatoms. The van der Waals surface area contributed by atoms with Gasteiger partial charge in [0.05, 0.1) is 18.8 Å². The monoisotopic (exact) mass is 601 g/mol. The summed E-state index contributed by atoms with van der Waals surface area (Å²) in [4.78, 5) is 48.5. The highest BCUT2D eigenvalue weighted by Gasteiger charge is 2.36. The molecule has 1 saturated heterocycles. The van der Waals surface area contributed by atoms with E-state index in [1.54, 1.807) is 21.9 Å². The van der Waals surface area contributed by atoms with Crippen molar-refractivity contribution in [2.45, 2.75) is 59.7 Å². The van der Waals surface area contributed by atoms with Gasteiger partial charge in [-0.1, -0.05) is 32.0 Å². The Morgan fingerprint density at radius 1 is 0.977 bits per heavy atom. The van der Waals surface area contributed by atoms with E-state index >= 15 is 0 Å². The number of anilines is 3. The molecule has 0 bridgehead atoms. The summed E-state index contributed by atoms with van der Waals surface area (Å²) < 4.78 is 6.77. The van der Waals surface area contributed by atoms with Gasteiger partial charge in [-0.2, -0.15) is 4.68 Å². The van der Waals surface area contributed by atoms with Crippen molar-refractivity contribution in [3.8, 4) is 0 Å². The summed E-state index contributed by atoms with van der Waals surface area (Å²) in [7, 11) is 2.12. The number of hydrogen-bond acceptors (Lipinski definition) is 7. The summed E-state index contributed by atoms with van der Waals surface area (Å²) in [5.74, 6) is -0.0870. The van der Waals surface area contributed by atoms with Crippen molar-refractivity contribution in [2.24, 2.45) is 0 Å². The molecule has 0 spiro atoms. The quantitative estimate of drug-likeness (QED) is 0.379. The standard InChI is InChI=1S/C33H43N7O4/c1-6-23(4)44-33(43)40-29-22-38(32(42)39(8-3)28-12-10-9-11-24(28)7-2)21-27(29)30(35-40)34-31(41)25-13-15-26(16-14-25)37-19-17-36(5)18-20-37/h9-16,23H,6-8,17-22H2,1-5H3,(H,34,35,41). The summed E-state index contributed by atoms with van der Waals surface area (Å²) in [6.45, 7) is 12.5. The van der Waals surface area contributed by atoms with Crippen LogP contribution in [0.4, 0.5) is 26.8 Å². The van der Waals surface area contributed by atoms with Crippen LogP contribution in [0.5, 0.6) is 0 Å². The minimum atomic E-state index is -0.634. The van der Waals surface area contributed by atoms with Crippen molar-refractivity contribution < 1.29 is 19.1 Å². The average molecular weight is 602 g/mol. The molecule has 2 aromatic carbocycles. The van der Waals surface area contributed by atoms with Crippen LogP contribution in [0.2, 0.25) is 0 Å². The molecule has 1 aromatic heterocycles. The Morgan fingerprint density at radius 2 is 1.68 bits per heavy atom. The predicted octanol–water partition coefficient (Wildman–Crippen LogP) is 5.19. The predicted molar refractivity (Wildman–Crippen MR) is 171 cm³/mol. The summed E-state index contributed by atoms with van der Waals surface area (Å²) in [5.41, 5.74) is 4.66. The molecule has 1 atom stereocenters. The van der Waals surface area contributed by atoms with Gasteiger partial charge in [-0.25, -0.2) is 9.59 Å². The first kappa shape index (κ1) is 31.1. The average Bonchev–Trinajstić information content (AvgIpc) is 3.62. The van der Waals surface area contributed by atoms with Crippen molar-refractivity contribution in [1.82, 2.24) is 19.6 Å². The lowest BCUT2D eigenvalue weighted by molar-refractivity contribution is 0.101. The molecule has 5 rings (SSSR count). The van der Waals surface area contributed by atoms with Gasteiger partial charge in [0.2, 0.25) is 0 Å². The number of carbonyl (C=O) groups is 3. The molecule has 1 fully saturated rings. The van der Waals surface area contributed by atoms with Crippen molar-refractivity contribution in [1.29, 1.82) is 0 Å². The van der Waals surface area contributed by atoms with Crippen LogP contribution in [-0.4, -0.2) is 83.5 Å². The molecular weight excluding hydrogens is 558 g/mol. The van der Waals surface area contributed by atoms with Gasteiger partial charge in [0.15, 0.2) is 5.82 Å². The molecule has 2 aliphatic heterocycles. The normalized spacial score (nSPS) is 15.6. The number of carbonyl (C=O) groups excluding carboxylic acids is 3. The van der Waals surface area contributed by atoms with E-state index in [2.05, 4.69) is 34.2 Å². The second-order valence-corrected chi connectivity index (χ2v) is 11.4. The SMILES string of the molecule is CCc1ccccc1N(CC)C(=O)N1Cc2c(NC(=O)c3ccc(N4CCN(C)CC4)cc3)nn(C(=O)OC(C)CC)c2C1. The first-order valence-corrected chi connectivity index (χ1v) is 15.5. The first-order chi connectivity index (χ1) is 21.2. The van der Waals surface area contributed by atoms with E-state index in [9.17, 15) is 14.4 Å². The fourth-order valence-electron chi connectivity index (χ4n) is 5.65. The number of fused-ring (bicyclic) bond motifs is 1. The largest absolute Gasteiger partial charge is 0.445 e. The van der Waals surface area contributed by atoms with Crippen LogP contribution in [-0.2, 0) is 24.2 Å². The zero-order valence-corrected chi connectivity index (χ0v) is 26.4. The minimum Gasteiger partial charge on any atom is -0.445 e. The molecule has 1 N–H and O–H groups in total. The highest BCUT2D eigenvalue weighted by Crippen LogP contribution is 2.32. The number of ether oxygens (including phenoxy) is 1. The molecule has 0 radical (unpaired) electrons. The second kappa shape index (κ2) is 13.5. The van der Waals surface area contributed by atoms with Crippen molar-refractivity contribution in [3.05, 3.63) is 70.9 Å². The first-order valence-electron chi connectivity index (χ1n) is 15.5. The van der Waals surface area contributed by atoms with Gasteiger partial charge in [0.25, 0.3) is 5.91 Å². The van der Waals surface area contributed by atoms with E-state index in [-0.39, 0.29) is 36.9 Å². The van der Waals surface area contributed by atoms with Crippen LogP contribution in [0.25, 0.3) is 0 Å². The number of aryl methyl sites for hydroxylation is 1. The number of urea groups is 1. The van der Waals surface area contributed by atoms with E-state index < -0.39 is 6.09 Å². The molecule has 11 nitrogen and oxygen atoms in total. The smallest absolute Gasteiger partial charge is 0.435 e. The number of benzene rings is 2. The van der Waals surface area contributed by atoms with Gasteiger partial charge in [-0.3, -0.25) is 9.69 Å². The number of para-hydroxylation sites is 1. The van der Waals surface area contributed by atoms with Crippen LogP contribution >= 0.6 is 0 Å². The maximum absolute atomic E-state index is 13.9. The van der Waals surface area contributed by atoms with Gasteiger partial charge in [-0.15, -0.1) is 5.10 Å². The Kier molecular flexibility index (Phi) is 9.53. The maximum Gasteiger partial charge on any atom is 0.435 e. The summed E-state index contributed by atoms with van der Waals surface area (Å²) in [5, 5.41) is 7.38. The van der Waals surface area contributed by atoms with Gasteiger partial charge in [-0.05, 0) is 69.6 Å². The Bertz CT molecular complexity index is 1490. The van der Waals surface area contributed by atoms with E-state index in [0.29, 0.717) is 29.8 Å². The fraction of sp³-hybridized carbons (Fsp3) is 0.455. The number of nitrogens with zero attached hydrogens (tertiary/aromatic N) is 6. The lowest BCUT2D eigenvalue weighted by atomic mass is 10.1. The Labute approximate surface area is 259 Å². The number of amides is 3. The molecule has 2 aliphatic rings. The molecule has 44 heavy (non-hydrogen) atoms. The van der Waals surface area contributed by atoms with Crippen molar-refractivity contribution in [2.75, 3.05) is 54.9 Å². The molecule has 234 valence electrons. The molecular formula is C33H43N7O4. The van der Waals surface area contributed by atoms with E-state index in [1.165, 1.54) is 4.68 Å². The van der Waals surface area contributed by atoms with Crippen LogP contribution in [0, 0.1) is 0 Å². The highest BCUT2D eigenvalue weighted by atomic mass is 16.6. The number of rotatable bonds is 8. The third-order valence-electron chi connectivity index (χ3n) is 8.54. The Balaban J connectivity index is 1.38. The van der Waals surface area contributed by atoms with Crippen LogP contribution in [0.15, 0.2) is 48.5 Å². The van der Waals surface area contributed by atoms with E-state index in [0.717, 1.165) is 49.5 Å². The van der Waals surface area contributed by atoms with Crippen molar-refractivity contribution >= 4 is 35.2 Å². The lowest BCUT2D eigenvalue weighted by Gasteiger charge is -2.34. The zero-order chi connectivity index (χ0) is 31.4. The maximum atomic E-state index is 13.9. The summed E-state index contributed by atoms with van der Waals surface area (Å²) >= 11 is 0. The molecule has 3 aromatic rings. The lowest BCUT2D eigenvalue weighted by Crippen LogP contribution is -2.44. The zero-order valence-electron chi connectivity index (χ0n) is 26.4. The van der Waals surface area contributed by atoms with Gasteiger partial charge in [0.1, 0.15) is 6.10 Å². The third-order valence-corrected chi connectivity index (χ3v) is 8.54. The number of nitrogens with one attached hydrogen (secondary N) is 1. The summed E-state index contributed by atoms with van der Waals surface area (Å²) in [6.07, 6.45) is 0.504. The van der Waals surface area contributed by atoms with Crippen LogP contribution in [0.1, 0.15) is 61.3 Å². The van der Waals surface area contributed by atoms with Gasteiger partial charge < -0.3 is 24.8 Å². The number of likely N-dealkylation sites (N-methyl/N-ethyl adjacent to an activating group) is 1. The minimum absolute atomic E-state index is 0.164. The van der Waals surface area contributed by atoms with Gasteiger partial charge in [0, 0.05) is 55.2 Å². The molecule has 1 unspecified atom stereocenters. The van der Waals surface area contributed by atoms with E-state index in [1.807, 2.05) is 57.2 Å². The van der Waals surface area contributed by atoms with Crippen LogP contribution < -0.4 is 15.1 Å². The second-order valence-electron chi connectivity index (χ2n) is 11.4. The molecule has 3 heterocycles. The fourth-order valence-corrected chi connectivity index (χ4v) is 5.65. The Hall–Kier alpha value is -4.38. The summed E-state index contributed by atoms with van der Waals surface area (Å²) in [6, 6.07) is 15.2. The Morgan fingerprint density at radius 3 is 2.34 bits per heavy atom. The van der Waals surface area contributed by atoms with Crippen molar-refractivity contribution in [3.63, 3.8) is 0 Å². The number of piperazine rings is 1. The third kappa shape index (κ3) is 6.42. The highest BCUT2D eigenvalue weighted by molar-refractivity contribution is 6.04. The van der Waals surface area contributed by atoms with Gasteiger partial charge >= 0.3 is 12.1 Å². The van der Waals surface area contributed by atoms with Crippen LogP contribution in [0.3, 0.4) is 0 Å². The number of hydrogen-bond donors (Lipinski definition) is 1.